The van der Waals surface area contributed by atoms with Crippen molar-refractivity contribution in [3.05, 3.63) is 109 Å². The van der Waals surface area contributed by atoms with E-state index in [9.17, 15) is 19.4 Å². The maximum Gasteiger partial charge on any atom is 0.268 e. The Morgan fingerprint density at radius 1 is 0.537 bits per heavy atom. The first-order valence-electron chi connectivity index (χ1n) is 26.7. The zero-order valence-corrected chi connectivity index (χ0v) is 44.5. The van der Waals surface area contributed by atoms with Crippen LogP contribution in [0.2, 0.25) is 0 Å². The fraction of sp³-hybridized carbons (Fsp3) is 0.672. The molecule has 0 heterocycles. The third-order valence-corrected chi connectivity index (χ3v) is 12.2. The van der Waals surface area contributed by atoms with Gasteiger partial charge in [0.25, 0.3) is 7.82 Å². The predicted molar refractivity (Wildman–Crippen MR) is 288 cm³/mol. The molecule has 0 aliphatic carbocycles. The molecule has 0 aromatic heterocycles. The summed E-state index contributed by atoms with van der Waals surface area (Å²) in [6.07, 6.45) is 70.1. The van der Waals surface area contributed by atoms with E-state index in [1.54, 1.807) is 6.08 Å². The van der Waals surface area contributed by atoms with Gasteiger partial charge < -0.3 is 28.8 Å². The molecule has 0 saturated heterocycles. The zero-order valence-electron chi connectivity index (χ0n) is 43.6. The van der Waals surface area contributed by atoms with Crippen LogP contribution in [0.5, 0.6) is 0 Å². The molecule has 3 atom stereocenters. The lowest BCUT2D eigenvalue weighted by Gasteiger charge is -2.29. The first kappa shape index (κ1) is 64.2. The normalized spacial score (nSPS) is 14.9. The molecule has 0 bridgehead atoms. The standard InChI is InChI=1S/C58H101N2O6P/c1-6-8-10-12-14-16-18-20-22-24-25-26-27-28-29-30-31-32-33-34-35-36-38-40-42-44-46-48-50-52-58(62)59-56(55-66-67(63,64)65-54-53-60(3,4)5)57(61)51-49-47-45-43-41-39-37-23-21-19-17-15-13-11-9-7-2/h8,10,14,16,20,22,25-26,28-29,31-32,34-35,41,43,49,51,56-57,61H,6-7,9,11-13,15,17-19,21,23-24,27,30,33,36-40,42,44-48,50,52-55H2,1-5H3,(H-,59,62,63,64)/b10-8-,16-14-,22-20-,26-25-,29-28-,32-31-,35-34-,43-41+,51-49+. The fourth-order valence-electron chi connectivity index (χ4n) is 7.03. The Bertz CT molecular complexity index is 1450. The molecule has 2 N–H and O–H groups in total. The highest BCUT2D eigenvalue weighted by atomic mass is 31.2. The summed E-state index contributed by atoms with van der Waals surface area (Å²) in [5.74, 6) is -0.224. The number of phosphoric ester groups is 1. The number of amides is 1. The van der Waals surface area contributed by atoms with Gasteiger partial charge in [-0.1, -0.05) is 213 Å². The molecule has 0 aliphatic rings. The number of rotatable bonds is 47. The number of carbonyl (C=O) groups is 1. The Balaban J connectivity index is 4.33. The van der Waals surface area contributed by atoms with E-state index in [0.29, 0.717) is 17.4 Å². The van der Waals surface area contributed by atoms with Crippen molar-refractivity contribution >= 4 is 13.7 Å². The first-order valence-corrected chi connectivity index (χ1v) is 28.2. The van der Waals surface area contributed by atoms with Gasteiger partial charge in [-0.3, -0.25) is 9.36 Å². The molecular formula is C58H101N2O6P. The van der Waals surface area contributed by atoms with Gasteiger partial charge in [0, 0.05) is 6.42 Å². The Morgan fingerprint density at radius 2 is 0.925 bits per heavy atom. The SMILES string of the molecule is CC/C=C\C/C=C\C/C=C\C/C=C\C/C=C\C/C=C\C/C=C\CCCCCCCCCC(=O)NC(COP(=O)([O-])OCC[N+](C)(C)C)C(O)/C=C/CC/C=C/CCCCCCCCCCCC. The molecule has 8 nitrogen and oxygen atoms in total. The van der Waals surface area contributed by atoms with Gasteiger partial charge in [0.1, 0.15) is 13.2 Å². The Hall–Kier alpha value is -2.84. The van der Waals surface area contributed by atoms with E-state index >= 15 is 0 Å². The highest BCUT2D eigenvalue weighted by Crippen LogP contribution is 2.38. The Labute approximate surface area is 412 Å². The highest BCUT2D eigenvalue weighted by molar-refractivity contribution is 7.45. The van der Waals surface area contributed by atoms with Crippen molar-refractivity contribution in [2.75, 3.05) is 40.9 Å². The maximum atomic E-state index is 12.9. The van der Waals surface area contributed by atoms with Crippen LogP contribution in [0.1, 0.15) is 200 Å². The van der Waals surface area contributed by atoms with E-state index in [1.165, 1.54) is 83.5 Å². The topological polar surface area (TPSA) is 108 Å². The van der Waals surface area contributed by atoms with Gasteiger partial charge >= 0.3 is 0 Å². The van der Waals surface area contributed by atoms with E-state index in [-0.39, 0.29) is 12.5 Å². The summed E-state index contributed by atoms with van der Waals surface area (Å²) in [4.78, 5) is 25.4. The summed E-state index contributed by atoms with van der Waals surface area (Å²) >= 11 is 0. The summed E-state index contributed by atoms with van der Waals surface area (Å²) in [6, 6.07) is -0.917. The van der Waals surface area contributed by atoms with Gasteiger partial charge in [-0.25, -0.2) is 0 Å². The second-order valence-electron chi connectivity index (χ2n) is 18.8. The summed E-state index contributed by atoms with van der Waals surface area (Å²) < 4.78 is 23.3. The van der Waals surface area contributed by atoms with Gasteiger partial charge in [0.2, 0.25) is 5.91 Å². The van der Waals surface area contributed by atoms with E-state index in [2.05, 4.69) is 116 Å². The molecule has 0 spiro atoms. The lowest BCUT2D eigenvalue weighted by Crippen LogP contribution is -2.45. The van der Waals surface area contributed by atoms with Crippen molar-refractivity contribution in [3.63, 3.8) is 0 Å². The van der Waals surface area contributed by atoms with Gasteiger partial charge in [-0.15, -0.1) is 0 Å². The molecule has 0 saturated carbocycles. The van der Waals surface area contributed by atoms with E-state index < -0.39 is 26.6 Å². The number of aliphatic hydroxyl groups is 1. The van der Waals surface area contributed by atoms with E-state index in [0.717, 1.165) is 96.3 Å². The largest absolute Gasteiger partial charge is 0.756 e. The lowest BCUT2D eigenvalue weighted by atomic mass is 10.1. The molecule has 0 radical (unpaired) electrons. The summed E-state index contributed by atoms with van der Waals surface area (Å²) in [7, 11) is 1.22. The molecule has 0 rings (SSSR count). The van der Waals surface area contributed by atoms with Gasteiger partial charge in [0.05, 0.1) is 39.9 Å². The molecule has 0 aliphatic heterocycles. The van der Waals surface area contributed by atoms with Crippen LogP contribution in [0.3, 0.4) is 0 Å². The summed E-state index contributed by atoms with van der Waals surface area (Å²) in [5.41, 5.74) is 0. The van der Waals surface area contributed by atoms with Crippen molar-refractivity contribution < 1.29 is 32.9 Å². The molecule has 384 valence electrons. The molecule has 0 fully saturated rings. The number of quaternary nitrogens is 1. The minimum Gasteiger partial charge on any atom is -0.756 e. The summed E-state index contributed by atoms with van der Waals surface area (Å²) in [6.45, 7) is 4.49. The number of hydrogen-bond donors (Lipinski definition) is 2. The summed E-state index contributed by atoms with van der Waals surface area (Å²) in [5, 5.41) is 13.8. The average Bonchev–Trinajstić information content (AvgIpc) is 3.29. The second kappa shape index (κ2) is 48.2. The van der Waals surface area contributed by atoms with Gasteiger partial charge in [0.15, 0.2) is 0 Å². The number of allylic oxidation sites excluding steroid dienone is 17. The molecule has 9 heteroatoms. The van der Waals surface area contributed by atoms with Crippen LogP contribution < -0.4 is 10.2 Å². The monoisotopic (exact) mass is 953 g/mol. The van der Waals surface area contributed by atoms with Crippen LogP contribution in [-0.2, 0) is 18.4 Å². The number of nitrogens with zero attached hydrogens (tertiary/aromatic N) is 1. The third-order valence-electron chi connectivity index (χ3n) is 11.2. The van der Waals surface area contributed by atoms with Crippen molar-refractivity contribution in [2.45, 2.75) is 212 Å². The fourth-order valence-corrected chi connectivity index (χ4v) is 7.75. The van der Waals surface area contributed by atoms with E-state index in [1.807, 2.05) is 27.2 Å². The minimum atomic E-state index is -4.61. The second-order valence-corrected chi connectivity index (χ2v) is 20.2. The zero-order chi connectivity index (χ0) is 49.2. The minimum absolute atomic E-state index is 0.0146. The van der Waals surface area contributed by atoms with E-state index in [4.69, 9.17) is 9.05 Å². The number of aliphatic hydroxyl groups excluding tert-OH is 1. The lowest BCUT2D eigenvalue weighted by molar-refractivity contribution is -0.870. The van der Waals surface area contributed by atoms with Crippen molar-refractivity contribution in [1.29, 1.82) is 0 Å². The number of nitrogens with one attached hydrogen (secondary N) is 1. The Kier molecular flexibility index (Phi) is 46.2. The van der Waals surface area contributed by atoms with Crippen LogP contribution in [-0.4, -0.2) is 68.5 Å². The number of unbranched alkanes of at least 4 members (excludes halogenated alkanes) is 18. The third kappa shape index (κ3) is 50.9. The van der Waals surface area contributed by atoms with Crippen LogP contribution in [0.4, 0.5) is 0 Å². The Morgan fingerprint density at radius 3 is 1.39 bits per heavy atom. The number of likely N-dealkylation sites (N-methyl/N-ethyl adjacent to an activating group) is 1. The van der Waals surface area contributed by atoms with Crippen LogP contribution >= 0.6 is 7.82 Å². The van der Waals surface area contributed by atoms with Crippen molar-refractivity contribution in [2.24, 2.45) is 0 Å². The average molecular weight is 953 g/mol. The van der Waals surface area contributed by atoms with Crippen LogP contribution in [0.15, 0.2) is 109 Å². The molecular weight excluding hydrogens is 852 g/mol. The number of phosphoric acid groups is 1. The van der Waals surface area contributed by atoms with Crippen LogP contribution in [0.25, 0.3) is 0 Å². The smallest absolute Gasteiger partial charge is 0.268 e. The highest BCUT2D eigenvalue weighted by Gasteiger charge is 2.23. The number of hydrogen-bond acceptors (Lipinski definition) is 6. The molecule has 0 aromatic carbocycles. The first-order chi connectivity index (χ1) is 32.5. The number of carbonyl (C=O) groups excluding carboxylic acids is 1. The molecule has 0 aromatic rings. The van der Waals surface area contributed by atoms with Crippen LogP contribution in [0, 0.1) is 0 Å². The predicted octanol–water partition coefficient (Wildman–Crippen LogP) is 15.4. The van der Waals surface area contributed by atoms with Crippen molar-refractivity contribution in [1.82, 2.24) is 5.32 Å². The van der Waals surface area contributed by atoms with Gasteiger partial charge in [-0.05, 0) is 89.9 Å². The maximum absolute atomic E-state index is 12.9. The van der Waals surface area contributed by atoms with Gasteiger partial charge in [-0.2, -0.15) is 0 Å². The van der Waals surface area contributed by atoms with Crippen molar-refractivity contribution in [3.8, 4) is 0 Å². The quantitative estimate of drug-likeness (QED) is 0.0272. The molecule has 67 heavy (non-hydrogen) atoms. The molecule has 3 unspecified atom stereocenters. The molecule has 1 amide bonds.